The van der Waals surface area contributed by atoms with Crippen LogP contribution in [0, 0.1) is 17.6 Å². The van der Waals surface area contributed by atoms with Gasteiger partial charge in [0.05, 0.1) is 0 Å². The monoisotopic (exact) mass is 199 g/mol. The molecule has 0 aliphatic carbocycles. The first-order valence-corrected chi connectivity index (χ1v) is 4.42. The Kier molecular flexibility index (Phi) is 4.01. The standard InChI is InChI=1S/C11H13F2O/c1-8(5-6-14-2)9-3-4-10(12)11(13)7-9/h3-4,7H,5-6H2,1-2H3. The number of halogens is 2. The molecule has 0 fully saturated rings. The average Bonchev–Trinajstić information content (AvgIpc) is 2.18. The zero-order valence-corrected chi connectivity index (χ0v) is 8.31. The summed E-state index contributed by atoms with van der Waals surface area (Å²) in [6.45, 7) is 2.47. The Bertz CT molecular complexity index is 299. The third-order valence-electron chi connectivity index (χ3n) is 2.09. The first-order chi connectivity index (χ1) is 6.65. The summed E-state index contributed by atoms with van der Waals surface area (Å²) in [5, 5.41) is 0. The predicted molar refractivity (Wildman–Crippen MR) is 50.9 cm³/mol. The Morgan fingerprint density at radius 1 is 1.29 bits per heavy atom. The van der Waals surface area contributed by atoms with E-state index < -0.39 is 11.6 Å². The molecule has 0 heterocycles. The van der Waals surface area contributed by atoms with Crippen molar-refractivity contribution in [2.24, 2.45) is 0 Å². The minimum Gasteiger partial charge on any atom is -0.385 e. The summed E-state index contributed by atoms with van der Waals surface area (Å²) in [5.41, 5.74) is 0.723. The van der Waals surface area contributed by atoms with Crippen molar-refractivity contribution in [2.75, 3.05) is 13.7 Å². The largest absolute Gasteiger partial charge is 0.385 e. The topological polar surface area (TPSA) is 9.23 Å². The van der Waals surface area contributed by atoms with Gasteiger partial charge >= 0.3 is 0 Å². The van der Waals surface area contributed by atoms with E-state index in [1.165, 1.54) is 6.07 Å². The zero-order valence-electron chi connectivity index (χ0n) is 8.31. The van der Waals surface area contributed by atoms with Crippen LogP contribution in [0.15, 0.2) is 18.2 Å². The first-order valence-electron chi connectivity index (χ1n) is 4.42. The molecule has 1 aromatic rings. The van der Waals surface area contributed by atoms with Crippen molar-refractivity contribution in [3.05, 3.63) is 41.3 Å². The molecule has 77 valence electrons. The summed E-state index contributed by atoms with van der Waals surface area (Å²) < 4.78 is 30.3. The molecule has 0 amide bonds. The molecule has 3 heteroatoms. The summed E-state index contributed by atoms with van der Waals surface area (Å²) in [7, 11) is 1.61. The lowest BCUT2D eigenvalue weighted by Crippen LogP contribution is -2.00. The fourth-order valence-electron chi connectivity index (χ4n) is 1.16. The summed E-state index contributed by atoms with van der Waals surface area (Å²) in [4.78, 5) is 0. The van der Waals surface area contributed by atoms with Crippen LogP contribution in [0.25, 0.3) is 0 Å². The normalized spacial score (nSPS) is 10.9. The Morgan fingerprint density at radius 2 is 2.00 bits per heavy atom. The molecular weight excluding hydrogens is 186 g/mol. The maximum absolute atomic E-state index is 12.8. The Morgan fingerprint density at radius 3 is 2.57 bits per heavy atom. The van der Waals surface area contributed by atoms with Crippen LogP contribution in [0.5, 0.6) is 0 Å². The molecule has 0 N–H and O–H groups in total. The van der Waals surface area contributed by atoms with Crippen molar-refractivity contribution in [3.63, 3.8) is 0 Å². The van der Waals surface area contributed by atoms with Gasteiger partial charge in [0, 0.05) is 19.6 Å². The number of ether oxygens (including phenoxy) is 1. The van der Waals surface area contributed by atoms with Gasteiger partial charge < -0.3 is 4.74 Å². The minimum atomic E-state index is -0.812. The SMILES string of the molecule is COCC[C](C)c1ccc(F)c(F)c1. The first kappa shape index (κ1) is 11.1. The van der Waals surface area contributed by atoms with Crippen LogP contribution in [0.4, 0.5) is 8.78 Å². The number of benzene rings is 1. The lowest BCUT2D eigenvalue weighted by molar-refractivity contribution is 0.199. The van der Waals surface area contributed by atoms with Gasteiger partial charge in [-0.05, 0) is 24.1 Å². The summed E-state index contributed by atoms with van der Waals surface area (Å²) in [5.74, 6) is -0.627. The number of hydrogen-bond donors (Lipinski definition) is 0. The Labute approximate surface area is 82.7 Å². The fourth-order valence-corrected chi connectivity index (χ4v) is 1.16. The van der Waals surface area contributed by atoms with E-state index in [9.17, 15) is 8.78 Å². The number of rotatable bonds is 4. The number of methoxy groups -OCH3 is 1. The van der Waals surface area contributed by atoms with Crippen molar-refractivity contribution in [1.29, 1.82) is 0 Å². The van der Waals surface area contributed by atoms with Crippen LogP contribution in [-0.4, -0.2) is 13.7 Å². The highest BCUT2D eigenvalue weighted by molar-refractivity contribution is 5.30. The molecule has 0 saturated carbocycles. The van der Waals surface area contributed by atoms with E-state index >= 15 is 0 Å². The Balaban J connectivity index is 2.70. The second kappa shape index (κ2) is 5.05. The van der Waals surface area contributed by atoms with Crippen molar-refractivity contribution in [1.82, 2.24) is 0 Å². The maximum atomic E-state index is 12.8. The van der Waals surface area contributed by atoms with Gasteiger partial charge in [0.2, 0.25) is 0 Å². The van der Waals surface area contributed by atoms with Gasteiger partial charge in [-0.2, -0.15) is 0 Å². The Hall–Kier alpha value is -0.960. The molecule has 0 aliphatic rings. The quantitative estimate of drug-likeness (QED) is 0.724. The van der Waals surface area contributed by atoms with Crippen molar-refractivity contribution in [2.45, 2.75) is 13.3 Å². The summed E-state index contributed by atoms with van der Waals surface area (Å²) in [6.07, 6.45) is 0.724. The molecule has 0 saturated heterocycles. The molecule has 0 spiro atoms. The van der Waals surface area contributed by atoms with Crippen LogP contribution in [0.1, 0.15) is 18.9 Å². The molecule has 0 unspecified atom stereocenters. The second-order valence-corrected chi connectivity index (χ2v) is 3.15. The smallest absolute Gasteiger partial charge is 0.159 e. The van der Waals surface area contributed by atoms with E-state index in [4.69, 9.17) is 4.74 Å². The van der Waals surface area contributed by atoms with E-state index in [1.807, 2.05) is 6.92 Å². The van der Waals surface area contributed by atoms with E-state index in [2.05, 4.69) is 0 Å². The van der Waals surface area contributed by atoms with E-state index in [1.54, 1.807) is 13.2 Å². The van der Waals surface area contributed by atoms with Crippen LogP contribution in [0.3, 0.4) is 0 Å². The number of hydrogen-bond acceptors (Lipinski definition) is 1. The average molecular weight is 199 g/mol. The molecule has 1 rings (SSSR count). The summed E-state index contributed by atoms with van der Waals surface area (Å²) in [6, 6.07) is 3.92. The second-order valence-electron chi connectivity index (χ2n) is 3.15. The molecule has 0 atom stereocenters. The van der Waals surface area contributed by atoms with Crippen LogP contribution < -0.4 is 0 Å². The molecule has 1 nitrogen and oxygen atoms in total. The van der Waals surface area contributed by atoms with Gasteiger partial charge in [-0.15, -0.1) is 0 Å². The van der Waals surface area contributed by atoms with Gasteiger partial charge in [0.1, 0.15) is 0 Å². The highest BCUT2D eigenvalue weighted by Crippen LogP contribution is 2.19. The highest BCUT2D eigenvalue weighted by atomic mass is 19.2. The lowest BCUT2D eigenvalue weighted by Gasteiger charge is -2.10. The fraction of sp³-hybridized carbons (Fsp3) is 0.364. The molecule has 0 aliphatic heterocycles. The molecule has 14 heavy (non-hydrogen) atoms. The van der Waals surface area contributed by atoms with Gasteiger partial charge in [0.25, 0.3) is 0 Å². The summed E-state index contributed by atoms with van der Waals surface area (Å²) >= 11 is 0. The van der Waals surface area contributed by atoms with Crippen molar-refractivity contribution in [3.8, 4) is 0 Å². The van der Waals surface area contributed by atoms with Gasteiger partial charge in [-0.3, -0.25) is 0 Å². The lowest BCUT2D eigenvalue weighted by atomic mass is 9.98. The molecule has 0 bridgehead atoms. The molecule has 1 aromatic carbocycles. The van der Waals surface area contributed by atoms with Crippen molar-refractivity contribution < 1.29 is 13.5 Å². The highest BCUT2D eigenvalue weighted by Gasteiger charge is 2.09. The molecule has 0 aromatic heterocycles. The van der Waals surface area contributed by atoms with Gasteiger partial charge in [-0.25, -0.2) is 8.78 Å². The van der Waals surface area contributed by atoms with Crippen LogP contribution >= 0.6 is 0 Å². The van der Waals surface area contributed by atoms with Gasteiger partial charge in [-0.1, -0.05) is 13.0 Å². The van der Waals surface area contributed by atoms with E-state index in [0.29, 0.717) is 6.61 Å². The van der Waals surface area contributed by atoms with Crippen LogP contribution in [0.2, 0.25) is 0 Å². The zero-order chi connectivity index (χ0) is 10.6. The molecule has 1 radical (unpaired) electrons. The predicted octanol–water partition coefficient (Wildman–Crippen LogP) is 2.94. The van der Waals surface area contributed by atoms with Crippen molar-refractivity contribution >= 4 is 0 Å². The maximum Gasteiger partial charge on any atom is 0.159 e. The minimum absolute atomic E-state index is 0.588. The molecular formula is C11H13F2O. The van der Waals surface area contributed by atoms with E-state index in [-0.39, 0.29) is 0 Å². The van der Waals surface area contributed by atoms with E-state index in [0.717, 1.165) is 24.0 Å². The third-order valence-corrected chi connectivity index (χ3v) is 2.09. The van der Waals surface area contributed by atoms with Gasteiger partial charge in [0.15, 0.2) is 11.6 Å². The van der Waals surface area contributed by atoms with Crippen LogP contribution in [-0.2, 0) is 4.74 Å². The third kappa shape index (κ3) is 2.77.